The molecule has 4 heteroatoms. The summed E-state index contributed by atoms with van der Waals surface area (Å²) in [5.41, 5.74) is 3.72. The van der Waals surface area contributed by atoms with E-state index in [2.05, 4.69) is 52.7 Å². The molecule has 1 aliphatic heterocycles. The Kier molecular flexibility index (Phi) is 4.14. The third-order valence-corrected chi connectivity index (χ3v) is 3.81. The summed E-state index contributed by atoms with van der Waals surface area (Å²) in [6.45, 7) is 7.77. The minimum Gasteiger partial charge on any atom is -0.314 e. The fraction of sp³-hybridized carbons (Fsp3) is 0.438. The van der Waals surface area contributed by atoms with E-state index in [9.17, 15) is 0 Å². The van der Waals surface area contributed by atoms with Gasteiger partial charge in [-0.25, -0.2) is 4.68 Å². The van der Waals surface area contributed by atoms with Crippen LogP contribution >= 0.6 is 0 Å². The van der Waals surface area contributed by atoms with Crippen molar-refractivity contribution in [3.63, 3.8) is 0 Å². The van der Waals surface area contributed by atoms with E-state index < -0.39 is 0 Å². The van der Waals surface area contributed by atoms with Crippen LogP contribution in [0.15, 0.2) is 36.7 Å². The second-order valence-corrected chi connectivity index (χ2v) is 5.47. The third-order valence-electron chi connectivity index (χ3n) is 3.81. The zero-order chi connectivity index (χ0) is 13.8. The lowest BCUT2D eigenvalue weighted by molar-refractivity contribution is 0.244. The van der Waals surface area contributed by atoms with Crippen molar-refractivity contribution in [3.8, 4) is 5.69 Å². The van der Waals surface area contributed by atoms with Crippen LogP contribution in [0.25, 0.3) is 5.69 Å². The van der Waals surface area contributed by atoms with Crippen molar-refractivity contribution in [2.75, 3.05) is 32.7 Å². The number of hydrogen-bond acceptors (Lipinski definition) is 3. The predicted molar refractivity (Wildman–Crippen MR) is 81.3 cm³/mol. The number of benzene rings is 1. The Labute approximate surface area is 120 Å². The van der Waals surface area contributed by atoms with Gasteiger partial charge in [0.2, 0.25) is 0 Å². The Balaban J connectivity index is 1.65. The maximum atomic E-state index is 4.38. The highest BCUT2D eigenvalue weighted by Gasteiger charge is 2.09. The van der Waals surface area contributed by atoms with Crippen molar-refractivity contribution in [2.24, 2.45) is 0 Å². The predicted octanol–water partition coefficient (Wildman–Crippen LogP) is 1.63. The van der Waals surface area contributed by atoms with Gasteiger partial charge in [0.1, 0.15) is 0 Å². The first-order chi connectivity index (χ1) is 9.81. The first-order valence-corrected chi connectivity index (χ1v) is 7.35. The van der Waals surface area contributed by atoms with E-state index in [-0.39, 0.29) is 0 Å². The molecule has 0 bridgehead atoms. The molecule has 106 valence electrons. The molecule has 4 nitrogen and oxygen atoms in total. The Bertz CT molecular complexity index is 555. The number of rotatable bonds is 4. The molecule has 0 saturated carbocycles. The maximum absolute atomic E-state index is 4.38. The molecule has 1 aromatic heterocycles. The summed E-state index contributed by atoms with van der Waals surface area (Å²) in [5, 5.41) is 7.77. The van der Waals surface area contributed by atoms with Gasteiger partial charge in [-0.05, 0) is 36.6 Å². The molecular formula is C16H22N4. The van der Waals surface area contributed by atoms with Crippen molar-refractivity contribution in [1.29, 1.82) is 0 Å². The monoisotopic (exact) mass is 270 g/mol. The summed E-state index contributed by atoms with van der Waals surface area (Å²) in [6.07, 6.45) is 5.07. The van der Waals surface area contributed by atoms with Crippen LogP contribution in [0, 0.1) is 6.92 Å². The molecular weight excluding hydrogens is 248 g/mol. The molecule has 0 amide bonds. The van der Waals surface area contributed by atoms with E-state index in [0.29, 0.717) is 0 Å². The van der Waals surface area contributed by atoms with Gasteiger partial charge in [0.25, 0.3) is 0 Å². The van der Waals surface area contributed by atoms with Crippen molar-refractivity contribution in [1.82, 2.24) is 20.0 Å². The molecule has 3 rings (SSSR count). The van der Waals surface area contributed by atoms with Gasteiger partial charge in [-0.15, -0.1) is 0 Å². The molecule has 20 heavy (non-hydrogen) atoms. The van der Waals surface area contributed by atoms with Gasteiger partial charge in [0.15, 0.2) is 0 Å². The number of aryl methyl sites for hydroxylation is 1. The molecule has 2 heterocycles. The van der Waals surface area contributed by atoms with Crippen molar-refractivity contribution >= 4 is 0 Å². The first kappa shape index (κ1) is 13.3. The minimum atomic E-state index is 1.11. The summed E-state index contributed by atoms with van der Waals surface area (Å²) in [6, 6.07) is 8.69. The van der Waals surface area contributed by atoms with Gasteiger partial charge < -0.3 is 10.2 Å². The normalized spacial score (nSPS) is 16.4. The van der Waals surface area contributed by atoms with Gasteiger partial charge >= 0.3 is 0 Å². The van der Waals surface area contributed by atoms with Gasteiger partial charge in [0.05, 0.1) is 11.9 Å². The van der Waals surface area contributed by atoms with Crippen LogP contribution < -0.4 is 5.32 Å². The Hall–Kier alpha value is -1.65. The summed E-state index contributed by atoms with van der Waals surface area (Å²) in [4.78, 5) is 2.53. The second-order valence-electron chi connectivity index (χ2n) is 5.47. The molecule has 1 N–H and O–H groups in total. The number of piperazine rings is 1. The van der Waals surface area contributed by atoms with Crippen LogP contribution in [0.2, 0.25) is 0 Å². The highest BCUT2D eigenvalue weighted by atomic mass is 15.3. The summed E-state index contributed by atoms with van der Waals surface area (Å²) < 4.78 is 1.95. The second kappa shape index (κ2) is 6.20. The highest BCUT2D eigenvalue weighted by molar-refractivity contribution is 5.35. The fourth-order valence-corrected chi connectivity index (χ4v) is 2.63. The first-order valence-electron chi connectivity index (χ1n) is 7.35. The van der Waals surface area contributed by atoms with Gasteiger partial charge in [-0.2, -0.15) is 5.10 Å². The van der Waals surface area contributed by atoms with Crippen LogP contribution in [0.3, 0.4) is 0 Å². The Morgan fingerprint density at radius 3 is 2.85 bits per heavy atom. The molecule has 1 fully saturated rings. The van der Waals surface area contributed by atoms with Gasteiger partial charge in [0, 0.05) is 38.9 Å². The molecule has 1 saturated heterocycles. The van der Waals surface area contributed by atoms with E-state index in [0.717, 1.165) is 44.8 Å². The van der Waals surface area contributed by atoms with E-state index in [1.54, 1.807) is 0 Å². The lowest BCUT2D eigenvalue weighted by atomic mass is 10.1. The van der Waals surface area contributed by atoms with Crippen molar-refractivity contribution < 1.29 is 0 Å². The van der Waals surface area contributed by atoms with Crippen molar-refractivity contribution in [2.45, 2.75) is 13.3 Å². The van der Waals surface area contributed by atoms with Gasteiger partial charge in [-0.1, -0.05) is 12.1 Å². The smallest absolute Gasteiger partial charge is 0.0648 e. The van der Waals surface area contributed by atoms with Crippen molar-refractivity contribution in [3.05, 3.63) is 47.8 Å². The quantitative estimate of drug-likeness (QED) is 0.916. The van der Waals surface area contributed by atoms with Crippen LogP contribution in [-0.4, -0.2) is 47.4 Å². The number of aromatic nitrogens is 2. The number of nitrogens with zero attached hydrogens (tertiary/aromatic N) is 3. The average Bonchev–Trinajstić information content (AvgIpc) is 2.93. The molecule has 0 aliphatic carbocycles. The molecule has 1 aliphatic rings. The summed E-state index contributed by atoms with van der Waals surface area (Å²) in [5.74, 6) is 0. The van der Waals surface area contributed by atoms with Crippen LogP contribution in [0.4, 0.5) is 0 Å². The Morgan fingerprint density at radius 2 is 2.10 bits per heavy atom. The van der Waals surface area contributed by atoms with E-state index >= 15 is 0 Å². The molecule has 2 aromatic rings. The largest absolute Gasteiger partial charge is 0.314 e. The number of hydrogen-bond donors (Lipinski definition) is 1. The lowest BCUT2D eigenvalue weighted by Gasteiger charge is -2.27. The number of nitrogens with one attached hydrogen (secondary N) is 1. The van der Waals surface area contributed by atoms with Gasteiger partial charge in [-0.3, -0.25) is 0 Å². The average molecular weight is 270 g/mol. The third kappa shape index (κ3) is 3.26. The maximum Gasteiger partial charge on any atom is 0.0648 e. The summed E-state index contributed by atoms with van der Waals surface area (Å²) >= 11 is 0. The molecule has 0 spiro atoms. The van der Waals surface area contributed by atoms with Crippen LogP contribution in [0.5, 0.6) is 0 Å². The van der Waals surface area contributed by atoms with Crippen LogP contribution in [0.1, 0.15) is 11.1 Å². The molecule has 0 radical (unpaired) electrons. The zero-order valence-corrected chi connectivity index (χ0v) is 12.0. The van der Waals surface area contributed by atoms with Crippen LogP contribution in [-0.2, 0) is 6.42 Å². The fourth-order valence-electron chi connectivity index (χ4n) is 2.63. The van der Waals surface area contributed by atoms with E-state index in [1.165, 1.54) is 11.1 Å². The Morgan fingerprint density at radius 1 is 1.25 bits per heavy atom. The zero-order valence-electron chi connectivity index (χ0n) is 12.0. The minimum absolute atomic E-state index is 1.11. The molecule has 0 atom stereocenters. The molecule has 1 aromatic carbocycles. The SMILES string of the molecule is Cc1cnn(-c2cccc(CCN3CCNCC3)c2)c1. The summed E-state index contributed by atoms with van der Waals surface area (Å²) in [7, 11) is 0. The molecule has 0 unspecified atom stereocenters. The highest BCUT2D eigenvalue weighted by Crippen LogP contribution is 2.12. The topological polar surface area (TPSA) is 33.1 Å². The van der Waals surface area contributed by atoms with E-state index in [4.69, 9.17) is 0 Å². The van der Waals surface area contributed by atoms with E-state index in [1.807, 2.05) is 10.9 Å². The standard InChI is InChI=1S/C16H22N4/c1-14-12-18-20(13-14)16-4-2-3-15(11-16)5-8-19-9-6-17-7-10-19/h2-4,11-13,17H,5-10H2,1H3. The lowest BCUT2D eigenvalue weighted by Crippen LogP contribution is -2.44.